The van der Waals surface area contributed by atoms with Gasteiger partial charge in [0.1, 0.15) is 16.8 Å². The van der Waals surface area contributed by atoms with Crippen LogP contribution in [0.4, 0.5) is 0 Å². The molecule has 5 heteroatoms. The van der Waals surface area contributed by atoms with Gasteiger partial charge in [0.15, 0.2) is 0 Å². The molecule has 1 aliphatic carbocycles. The summed E-state index contributed by atoms with van der Waals surface area (Å²) >= 11 is 0. The zero-order valence-corrected chi connectivity index (χ0v) is 11.2. The van der Waals surface area contributed by atoms with Gasteiger partial charge in [-0.25, -0.2) is 4.98 Å². The molecule has 1 fully saturated rings. The fourth-order valence-electron chi connectivity index (χ4n) is 2.80. The van der Waals surface area contributed by atoms with Crippen molar-refractivity contribution < 1.29 is 9.53 Å². The second-order valence-corrected chi connectivity index (χ2v) is 5.01. The molecule has 0 aliphatic heterocycles. The van der Waals surface area contributed by atoms with E-state index >= 15 is 0 Å². The van der Waals surface area contributed by atoms with Crippen molar-refractivity contribution in [3.63, 3.8) is 0 Å². The Morgan fingerprint density at radius 2 is 2.32 bits per heavy atom. The minimum Gasteiger partial charge on any atom is -0.465 e. The van der Waals surface area contributed by atoms with E-state index in [1.165, 1.54) is 0 Å². The Morgan fingerprint density at radius 1 is 1.53 bits per heavy atom. The molecule has 0 spiro atoms. The molecule has 0 unspecified atom stereocenters. The summed E-state index contributed by atoms with van der Waals surface area (Å²) < 4.78 is 7.24. The Bertz CT molecular complexity index is 629. The van der Waals surface area contributed by atoms with E-state index in [-0.39, 0.29) is 5.97 Å². The van der Waals surface area contributed by atoms with Crippen LogP contribution in [0.25, 0.3) is 11.0 Å². The Morgan fingerprint density at radius 3 is 2.89 bits per heavy atom. The van der Waals surface area contributed by atoms with Gasteiger partial charge >= 0.3 is 5.97 Å². The van der Waals surface area contributed by atoms with Crippen molar-refractivity contribution in [2.24, 2.45) is 7.05 Å². The standard InChI is InChI=1S/C14H17N3O2/c1-3-19-13(18)14(6-4-7-14)12-16-10-9-15-8-5-11(10)17(12)2/h5,8-9H,3-4,6-7H2,1-2H3. The van der Waals surface area contributed by atoms with Crippen molar-refractivity contribution in [3.05, 3.63) is 24.3 Å². The van der Waals surface area contributed by atoms with Crippen LogP contribution in [0, 0.1) is 0 Å². The molecule has 0 radical (unpaired) electrons. The second kappa shape index (κ2) is 4.33. The first-order valence-electron chi connectivity index (χ1n) is 6.63. The summed E-state index contributed by atoms with van der Waals surface area (Å²) in [6, 6.07) is 1.92. The monoisotopic (exact) mass is 259 g/mol. The van der Waals surface area contributed by atoms with Crippen LogP contribution < -0.4 is 0 Å². The van der Waals surface area contributed by atoms with Crippen LogP contribution in [0.5, 0.6) is 0 Å². The highest BCUT2D eigenvalue weighted by Crippen LogP contribution is 2.44. The third kappa shape index (κ3) is 1.64. The fraction of sp³-hybridized carbons (Fsp3) is 0.500. The summed E-state index contributed by atoms with van der Waals surface area (Å²) in [6.07, 6.45) is 6.15. The van der Waals surface area contributed by atoms with E-state index in [4.69, 9.17) is 4.74 Å². The Hall–Kier alpha value is -1.91. The first-order chi connectivity index (χ1) is 9.19. The normalized spacial score (nSPS) is 17.2. The molecular weight excluding hydrogens is 242 g/mol. The van der Waals surface area contributed by atoms with Gasteiger partial charge < -0.3 is 9.30 Å². The van der Waals surface area contributed by atoms with Gasteiger partial charge in [-0.2, -0.15) is 0 Å². The van der Waals surface area contributed by atoms with Crippen LogP contribution in [0.15, 0.2) is 18.5 Å². The van der Waals surface area contributed by atoms with Crippen molar-refractivity contribution >= 4 is 17.0 Å². The smallest absolute Gasteiger partial charge is 0.319 e. The SMILES string of the molecule is CCOC(=O)C1(c2nc3cnccc3n2C)CCC1. The predicted molar refractivity (Wildman–Crippen MR) is 70.7 cm³/mol. The average Bonchev–Trinajstić information content (AvgIpc) is 2.67. The Kier molecular flexibility index (Phi) is 2.77. The molecule has 0 atom stereocenters. The molecule has 1 saturated carbocycles. The number of nitrogens with zero attached hydrogens (tertiary/aromatic N) is 3. The maximum Gasteiger partial charge on any atom is 0.319 e. The van der Waals surface area contributed by atoms with Crippen LogP contribution in [0.1, 0.15) is 32.0 Å². The molecule has 100 valence electrons. The minimum absolute atomic E-state index is 0.146. The van der Waals surface area contributed by atoms with E-state index < -0.39 is 5.41 Å². The zero-order chi connectivity index (χ0) is 13.5. The van der Waals surface area contributed by atoms with Crippen LogP contribution in [-0.4, -0.2) is 27.1 Å². The lowest BCUT2D eigenvalue weighted by molar-refractivity contribution is -0.154. The maximum absolute atomic E-state index is 12.3. The Labute approximate surface area is 111 Å². The molecule has 2 aromatic rings. The van der Waals surface area contributed by atoms with Crippen LogP contribution in [0.2, 0.25) is 0 Å². The molecule has 2 heterocycles. The number of hydrogen-bond donors (Lipinski definition) is 0. The summed E-state index contributed by atoms with van der Waals surface area (Å²) in [5, 5.41) is 0. The van der Waals surface area contributed by atoms with Crippen molar-refractivity contribution in [1.29, 1.82) is 0 Å². The number of hydrogen-bond acceptors (Lipinski definition) is 4. The van der Waals surface area contributed by atoms with Crippen LogP contribution in [0.3, 0.4) is 0 Å². The van der Waals surface area contributed by atoms with Gasteiger partial charge in [0, 0.05) is 13.2 Å². The number of ether oxygens (including phenoxy) is 1. The molecule has 0 N–H and O–H groups in total. The fourth-order valence-corrected chi connectivity index (χ4v) is 2.80. The Balaban J connectivity index is 2.11. The number of esters is 1. The number of carbonyl (C=O) groups excluding carboxylic acids is 1. The lowest BCUT2D eigenvalue weighted by atomic mass is 9.68. The van der Waals surface area contributed by atoms with Gasteiger partial charge in [-0.15, -0.1) is 0 Å². The third-order valence-corrected chi connectivity index (χ3v) is 3.98. The topological polar surface area (TPSA) is 57.0 Å². The number of aromatic nitrogens is 3. The third-order valence-electron chi connectivity index (χ3n) is 3.98. The van der Waals surface area contributed by atoms with Gasteiger partial charge in [-0.05, 0) is 25.8 Å². The van der Waals surface area contributed by atoms with E-state index in [2.05, 4.69) is 9.97 Å². The van der Waals surface area contributed by atoms with Crippen molar-refractivity contribution in [1.82, 2.24) is 14.5 Å². The molecule has 5 nitrogen and oxygen atoms in total. The minimum atomic E-state index is -0.552. The summed E-state index contributed by atoms with van der Waals surface area (Å²) in [7, 11) is 1.95. The van der Waals surface area contributed by atoms with Gasteiger partial charge in [0.2, 0.25) is 0 Å². The highest BCUT2D eigenvalue weighted by Gasteiger charge is 2.50. The van der Waals surface area contributed by atoms with Gasteiger partial charge in [-0.3, -0.25) is 9.78 Å². The number of rotatable bonds is 3. The quantitative estimate of drug-likeness (QED) is 0.791. The highest BCUT2D eigenvalue weighted by molar-refractivity contribution is 5.85. The lowest BCUT2D eigenvalue weighted by Crippen LogP contribution is -2.45. The van der Waals surface area contributed by atoms with Crippen molar-refractivity contribution in [2.75, 3.05) is 6.61 Å². The first-order valence-corrected chi connectivity index (χ1v) is 6.63. The molecule has 0 amide bonds. The highest BCUT2D eigenvalue weighted by atomic mass is 16.5. The maximum atomic E-state index is 12.3. The molecular formula is C14H17N3O2. The van der Waals surface area contributed by atoms with Crippen molar-refractivity contribution in [3.8, 4) is 0 Å². The van der Waals surface area contributed by atoms with Crippen LogP contribution in [-0.2, 0) is 22.0 Å². The molecule has 2 aromatic heterocycles. The summed E-state index contributed by atoms with van der Waals surface area (Å²) in [5.41, 5.74) is 1.28. The predicted octanol–water partition coefficient (Wildman–Crippen LogP) is 1.95. The number of aryl methyl sites for hydroxylation is 1. The molecule has 0 saturated heterocycles. The lowest BCUT2D eigenvalue weighted by Gasteiger charge is -2.38. The largest absolute Gasteiger partial charge is 0.465 e. The molecule has 0 bridgehead atoms. The van der Waals surface area contributed by atoms with Gasteiger partial charge in [0.25, 0.3) is 0 Å². The van der Waals surface area contributed by atoms with E-state index in [1.54, 1.807) is 12.4 Å². The molecule has 3 rings (SSSR count). The van der Waals surface area contributed by atoms with E-state index in [1.807, 2.05) is 24.6 Å². The second-order valence-electron chi connectivity index (χ2n) is 5.01. The summed E-state index contributed by atoms with van der Waals surface area (Å²) in [4.78, 5) is 21.0. The molecule has 19 heavy (non-hydrogen) atoms. The van der Waals surface area contributed by atoms with Crippen molar-refractivity contribution in [2.45, 2.75) is 31.6 Å². The molecule has 0 aromatic carbocycles. The number of carbonyl (C=O) groups is 1. The number of fused-ring (bicyclic) bond motifs is 1. The van der Waals surface area contributed by atoms with Gasteiger partial charge in [0.05, 0.1) is 18.3 Å². The van der Waals surface area contributed by atoms with Crippen LogP contribution >= 0.6 is 0 Å². The first kappa shape index (κ1) is 12.1. The number of imidazole rings is 1. The summed E-state index contributed by atoms with van der Waals surface area (Å²) in [5.74, 6) is 0.660. The molecule has 1 aliphatic rings. The number of pyridine rings is 1. The van der Waals surface area contributed by atoms with E-state index in [9.17, 15) is 4.79 Å². The summed E-state index contributed by atoms with van der Waals surface area (Å²) in [6.45, 7) is 2.25. The van der Waals surface area contributed by atoms with Gasteiger partial charge in [-0.1, -0.05) is 6.42 Å². The zero-order valence-electron chi connectivity index (χ0n) is 11.2. The van der Waals surface area contributed by atoms with E-state index in [0.29, 0.717) is 6.61 Å². The average molecular weight is 259 g/mol. The van der Waals surface area contributed by atoms with E-state index in [0.717, 1.165) is 36.1 Å².